The second-order valence-corrected chi connectivity index (χ2v) is 11.1. The average Bonchev–Trinajstić information content (AvgIpc) is 3.79. The van der Waals surface area contributed by atoms with E-state index < -0.39 is 0 Å². The lowest BCUT2D eigenvalue weighted by atomic mass is 10.0. The first-order valence-corrected chi connectivity index (χ1v) is 14.2. The highest BCUT2D eigenvalue weighted by Gasteiger charge is 2.36. The van der Waals surface area contributed by atoms with Crippen molar-refractivity contribution >= 4 is 34.3 Å². The van der Waals surface area contributed by atoms with E-state index in [0.717, 1.165) is 30.5 Å². The molecular weight excluding hydrogens is 531 g/mol. The second-order valence-electron chi connectivity index (χ2n) is 10.7. The number of pyridine rings is 1. The number of aliphatic imine (C=N–C) groups is 1. The summed E-state index contributed by atoms with van der Waals surface area (Å²) in [5, 5.41) is 0.347. The first kappa shape index (κ1) is 28.2. The van der Waals surface area contributed by atoms with Crippen molar-refractivity contribution < 1.29 is 9.13 Å². The molecule has 2 fully saturated rings. The summed E-state index contributed by atoms with van der Waals surface area (Å²) in [5.41, 5.74) is 4.22. The fraction of sp³-hybridized carbons (Fsp3) is 0.467. The normalized spacial score (nSPS) is 20.0. The minimum atomic E-state index is -0.343. The summed E-state index contributed by atoms with van der Waals surface area (Å²) in [6.07, 6.45) is 3.21. The molecule has 8 nitrogen and oxygen atoms in total. The van der Waals surface area contributed by atoms with Crippen LogP contribution in [-0.2, 0) is 11.8 Å². The Hall–Kier alpha value is -3.30. The molecule has 0 spiro atoms. The van der Waals surface area contributed by atoms with Gasteiger partial charge in [0.05, 0.1) is 12.6 Å². The molecule has 10 heteroatoms. The third-order valence-electron chi connectivity index (χ3n) is 7.99. The zero-order valence-corrected chi connectivity index (χ0v) is 24.5. The van der Waals surface area contributed by atoms with Gasteiger partial charge >= 0.3 is 5.69 Å². The summed E-state index contributed by atoms with van der Waals surface area (Å²) in [6, 6.07) is 9.74. The van der Waals surface area contributed by atoms with E-state index in [1.165, 1.54) is 22.3 Å². The maximum absolute atomic E-state index is 13.9. The van der Waals surface area contributed by atoms with E-state index in [1.54, 1.807) is 38.4 Å². The highest BCUT2D eigenvalue weighted by Crippen LogP contribution is 2.40. The molecule has 5 rings (SSSR count). The van der Waals surface area contributed by atoms with Crippen molar-refractivity contribution in [3.05, 3.63) is 74.7 Å². The van der Waals surface area contributed by atoms with E-state index in [4.69, 9.17) is 21.3 Å². The first-order valence-electron chi connectivity index (χ1n) is 13.8. The van der Waals surface area contributed by atoms with Gasteiger partial charge in [0.2, 0.25) is 5.90 Å². The van der Waals surface area contributed by atoms with Gasteiger partial charge in [0.25, 0.3) is 0 Å². The number of aromatic nitrogens is 3. The van der Waals surface area contributed by atoms with Crippen LogP contribution in [0, 0.1) is 11.7 Å². The van der Waals surface area contributed by atoms with E-state index in [1.807, 2.05) is 0 Å². The molecule has 2 unspecified atom stereocenters. The van der Waals surface area contributed by atoms with Gasteiger partial charge in [0, 0.05) is 44.3 Å². The summed E-state index contributed by atoms with van der Waals surface area (Å²) < 4.78 is 21.4. The summed E-state index contributed by atoms with van der Waals surface area (Å²) in [7, 11) is 3.34. The lowest BCUT2D eigenvalue weighted by Crippen LogP contribution is -2.54. The van der Waals surface area contributed by atoms with Crippen molar-refractivity contribution in [3.8, 4) is 0 Å². The molecule has 2 aliphatic rings. The van der Waals surface area contributed by atoms with Crippen LogP contribution in [0.15, 0.2) is 57.5 Å². The van der Waals surface area contributed by atoms with Gasteiger partial charge in [-0.3, -0.25) is 9.47 Å². The molecule has 1 saturated carbocycles. The number of rotatable bonds is 7. The van der Waals surface area contributed by atoms with Crippen molar-refractivity contribution in [2.24, 2.45) is 18.0 Å². The lowest BCUT2D eigenvalue weighted by Gasteiger charge is -2.43. The summed E-state index contributed by atoms with van der Waals surface area (Å²) >= 11 is 6.24. The van der Waals surface area contributed by atoms with E-state index >= 15 is 0 Å². The van der Waals surface area contributed by atoms with Crippen LogP contribution in [0.3, 0.4) is 0 Å². The smallest absolute Gasteiger partial charge is 0.349 e. The van der Waals surface area contributed by atoms with Gasteiger partial charge < -0.3 is 9.64 Å². The average molecular weight is 567 g/mol. The monoisotopic (exact) mass is 566 g/mol. The Kier molecular flexibility index (Phi) is 8.24. The molecule has 1 aliphatic heterocycles. The van der Waals surface area contributed by atoms with E-state index in [0.29, 0.717) is 53.5 Å². The number of nitrogens with zero attached hydrogens (tertiary/aromatic N) is 6. The molecule has 212 valence electrons. The molecular formula is C30H36ClFN6O2. The number of hydrogen-bond acceptors (Lipinski definition) is 7. The maximum atomic E-state index is 13.9. The lowest BCUT2D eigenvalue weighted by molar-refractivity contribution is 0.182. The first-order chi connectivity index (χ1) is 19.2. The Bertz CT molecular complexity index is 1520. The van der Waals surface area contributed by atoms with Gasteiger partial charge in [-0.2, -0.15) is 4.98 Å². The van der Waals surface area contributed by atoms with Gasteiger partial charge in [0.15, 0.2) is 5.82 Å². The third-order valence-corrected chi connectivity index (χ3v) is 8.20. The minimum Gasteiger partial charge on any atom is -0.483 e. The topological polar surface area (TPSA) is 75.8 Å². The molecule has 0 bridgehead atoms. The minimum absolute atomic E-state index is 0.0192. The van der Waals surface area contributed by atoms with E-state index in [-0.39, 0.29) is 23.6 Å². The zero-order chi connectivity index (χ0) is 28.6. The van der Waals surface area contributed by atoms with Crippen LogP contribution in [0.25, 0.3) is 11.0 Å². The van der Waals surface area contributed by atoms with Crippen LogP contribution >= 0.6 is 11.6 Å². The fourth-order valence-electron chi connectivity index (χ4n) is 5.48. The second kappa shape index (κ2) is 11.7. The maximum Gasteiger partial charge on any atom is 0.349 e. The predicted octanol–water partition coefficient (Wildman–Crippen LogP) is 5.51. The van der Waals surface area contributed by atoms with Gasteiger partial charge in [-0.05, 0) is 62.9 Å². The van der Waals surface area contributed by atoms with E-state index in [9.17, 15) is 9.18 Å². The van der Waals surface area contributed by atoms with Crippen LogP contribution in [0.2, 0.25) is 5.15 Å². The number of allylic oxidation sites excluding steroid dienone is 2. The largest absolute Gasteiger partial charge is 0.483 e. The number of aryl methyl sites for hydroxylation is 1. The van der Waals surface area contributed by atoms with Crippen LogP contribution < -0.4 is 10.6 Å². The van der Waals surface area contributed by atoms with Crippen molar-refractivity contribution in [3.63, 3.8) is 0 Å². The van der Waals surface area contributed by atoms with Gasteiger partial charge in [-0.25, -0.2) is 19.2 Å². The Morgan fingerprint density at radius 3 is 2.52 bits per heavy atom. The molecule has 1 aliphatic carbocycles. The number of fused-ring (bicyclic) bond motifs is 1. The summed E-state index contributed by atoms with van der Waals surface area (Å²) in [4.78, 5) is 31.2. The predicted molar refractivity (Wildman–Crippen MR) is 157 cm³/mol. The van der Waals surface area contributed by atoms with Gasteiger partial charge in [-0.15, -0.1) is 0 Å². The van der Waals surface area contributed by atoms with Crippen molar-refractivity contribution in [2.75, 3.05) is 31.6 Å². The Morgan fingerprint density at radius 1 is 1.18 bits per heavy atom. The molecule has 0 N–H and O–H groups in total. The number of ether oxygens (including phenoxy) is 1. The van der Waals surface area contributed by atoms with Crippen molar-refractivity contribution in [2.45, 2.75) is 52.1 Å². The number of hydrogen-bond donors (Lipinski definition) is 0. The van der Waals surface area contributed by atoms with Crippen LogP contribution in [0.1, 0.15) is 51.6 Å². The van der Waals surface area contributed by atoms with E-state index in [2.05, 4.69) is 40.5 Å². The molecule has 0 amide bonds. The molecule has 1 saturated heterocycles. The highest BCUT2D eigenvalue weighted by molar-refractivity contribution is 6.29. The quantitative estimate of drug-likeness (QED) is 0.213. The van der Waals surface area contributed by atoms with Crippen LogP contribution in [0.4, 0.5) is 10.2 Å². The van der Waals surface area contributed by atoms with Crippen LogP contribution in [0.5, 0.6) is 0 Å². The zero-order valence-electron chi connectivity index (χ0n) is 23.7. The Morgan fingerprint density at radius 2 is 1.90 bits per heavy atom. The number of benzene rings is 1. The highest BCUT2D eigenvalue weighted by atomic mass is 35.5. The molecule has 1 aromatic carbocycles. The molecule has 0 radical (unpaired) electrons. The van der Waals surface area contributed by atoms with Gasteiger partial charge in [-0.1, -0.05) is 36.2 Å². The molecule has 2 atom stereocenters. The molecule has 3 aromatic rings. The van der Waals surface area contributed by atoms with Crippen LogP contribution in [-0.4, -0.2) is 58.1 Å². The number of methoxy groups -OCH3 is 1. The number of anilines is 1. The number of halogens is 2. The van der Waals surface area contributed by atoms with Crippen molar-refractivity contribution in [1.29, 1.82) is 0 Å². The number of piperazine rings is 1. The molecule has 3 heterocycles. The summed E-state index contributed by atoms with van der Waals surface area (Å²) in [6.45, 7) is 8.26. The SMILES string of the molecule is CC/C(C)=C(\N=C(/OC)C(c1ccc(F)cc1)N1CCN(c2nc(=O)n(C)c3ccc(Cl)nc23)C(C)C1)C1CC1. The molecule has 2 aromatic heterocycles. The standard InChI is InChI=1S/C30H36ClFN6O2/c1-6-18(2)25(20-7-8-20)34-29(40-5)27(21-9-11-22(32)12-10-21)37-15-16-38(19(3)17-37)28-26-23(13-14-24(31)33-26)36(4)30(39)35-28/h9-14,19-20,27H,6-8,15-17H2,1-5H3/b25-18-,34-29-. The fourth-order valence-corrected chi connectivity index (χ4v) is 5.63. The Balaban J connectivity index is 1.52. The van der Waals surface area contributed by atoms with Gasteiger partial charge in [0.1, 0.15) is 22.5 Å². The third kappa shape index (κ3) is 5.63. The molecule has 40 heavy (non-hydrogen) atoms. The summed E-state index contributed by atoms with van der Waals surface area (Å²) in [5.74, 6) is 1.32. The van der Waals surface area contributed by atoms with Crippen molar-refractivity contribution in [1.82, 2.24) is 19.4 Å². The Labute approximate surface area is 239 Å².